The van der Waals surface area contributed by atoms with Gasteiger partial charge in [-0.2, -0.15) is 5.26 Å². The number of carbonyl (C=O) groups is 1. The Hall–Kier alpha value is -3.44. The maximum Gasteiger partial charge on any atom is 0.270 e. The molecule has 0 radical (unpaired) electrons. The lowest BCUT2D eigenvalue weighted by Crippen LogP contribution is -2.45. The van der Waals surface area contributed by atoms with E-state index in [2.05, 4.69) is 25.8 Å². The average molecular weight is 374 g/mol. The summed E-state index contributed by atoms with van der Waals surface area (Å²) < 4.78 is 8.24. The summed E-state index contributed by atoms with van der Waals surface area (Å²) >= 11 is 0. The molecule has 2 aliphatic rings. The number of hydrogen-bond acceptors (Lipinski definition) is 5. The zero-order valence-corrected chi connectivity index (χ0v) is 15.1. The maximum absolute atomic E-state index is 12.7. The topological polar surface area (TPSA) is 99.8 Å². The quantitative estimate of drug-likeness (QED) is 0.739. The van der Waals surface area contributed by atoms with Crippen LogP contribution in [0.5, 0.6) is 0 Å². The number of nitrogens with zero attached hydrogens (tertiary/aromatic N) is 5. The lowest BCUT2D eigenvalue weighted by molar-refractivity contribution is -0.0805. The van der Waals surface area contributed by atoms with E-state index >= 15 is 0 Å². The second kappa shape index (κ2) is 6.32. The number of nitriles is 1. The molecule has 2 aliphatic heterocycles. The van der Waals surface area contributed by atoms with Crippen molar-refractivity contribution in [2.45, 2.75) is 25.2 Å². The molecule has 3 aromatic rings. The largest absolute Gasteiger partial charge is 0.363 e. The van der Waals surface area contributed by atoms with Crippen molar-refractivity contribution in [3.8, 4) is 17.5 Å². The fourth-order valence-corrected chi connectivity index (χ4v) is 3.97. The minimum atomic E-state index is -0.432. The summed E-state index contributed by atoms with van der Waals surface area (Å²) in [6, 6.07) is 13.1. The van der Waals surface area contributed by atoms with Crippen LogP contribution in [0.3, 0.4) is 0 Å². The minimum Gasteiger partial charge on any atom is -0.363 e. The third kappa shape index (κ3) is 2.68. The SMILES string of the molecule is N#Cc1ccc(-c2nnc3n2CC2(CCN(C(=O)c4ccc[nH]4)C2)OC3)cc1. The molecule has 1 spiro atoms. The zero-order valence-electron chi connectivity index (χ0n) is 15.1. The molecular weight excluding hydrogens is 356 g/mol. The number of amides is 1. The Labute approximate surface area is 161 Å². The van der Waals surface area contributed by atoms with Crippen LogP contribution in [0.1, 0.15) is 28.3 Å². The van der Waals surface area contributed by atoms with Crippen molar-refractivity contribution in [1.29, 1.82) is 5.26 Å². The molecule has 0 bridgehead atoms. The van der Waals surface area contributed by atoms with E-state index in [1.807, 2.05) is 23.1 Å². The van der Waals surface area contributed by atoms with Gasteiger partial charge in [0.05, 0.1) is 24.7 Å². The van der Waals surface area contributed by atoms with Crippen LogP contribution in [0.2, 0.25) is 0 Å². The highest BCUT2D eigenvalue weighted by molar-refractivity contribution is 5.92. The van der Waals surface area contributed by atoms with Crippen LogP contribution < -0.4 is 0 Å². The molecule has 0 saturated carbocycles. The van der Waals surface area contributed by atoms with Crippen LogP contribution in [0.4, 0.5) is 0 Å². The molecule has 0 aliphatic carbocycles. The summed E-state index contributed by atoms with van der Waals surface area (Å²) in [6.45, 7) is 2.16. The van der Waals surface area contributed by atoms with E-state index in [9.17, 15) is 4.79 Å². The molecule has 4 heterocycles. The van der Waals surface area contributed by atoms with Crippen LogP contribution in [-0.2, 0) is 17.9 Å². The highest BCUT2D eigenvalue weighted by Gasteiger charge is 2.45. The first kappa shape index (κ1) is 16.7. The number of ether oxygens (including phenoxy) is 1. The highest BCUT2D eigenvalue weighted by Crippen LogP contribution is 2.34. The fourth-order valence-electron chi connectivity index (χ4n) is 3.97. The lowest BCUT2D eigenvalue weighted by Gasteiger charge is -2.34. The number of rotatable bonds is 2. The van der Waals surface area contributed by atoms with E-state index in [4.69, 9.17) is 10.00 Å². The van der Waals surface area contributed by atoms with Crippen molar-refractivity contribution in [3.63, 3.8) is 0 Å². The number of carbonyl (C=O) groups excluding carboxylic acids is 1. The molecule has 1 amide bonds. The van der Waals surface area contributed by atoms with E-state index in [0.29, 0.717) is 37.5 Å². The fraction of sp³-hybridized carbons (Fsp3) is 0.300. The third-order valence-corrected chi connectivity index (χ3v) is 5.49. The summed E-state index contributed by atoms with van der Waals surface area (Å²) in [4.78, 5) is 17.5. The number of aromatic amines is 1. The molecule has 8 nitrogen and oxygen atoms in total. The van der Waals surface area contributed by atoms with Crippen molar-refractivity contribution in [1.82, 2.24) is 24.6 Å². The highest BCUT2D eigenvalue weighted by atomic mass is 16.5. The van der Waals surface area contributed by atoms with Gasteiger partial charge >= 0.3 is 0 Å². The monoisotopic (exact) mass is 374 g/mol. The smallest absolute Gasteiger partial charge is 0.270 e. The van der Waals surface area contributed by atoms with Crippen LogP contribution >= 0.6 is 0 Å². The number of nitrogens with one attached hydrogen (secondary N) is 1. The van der Waals surface area contributed by atoms with E-state index in [1.165, 1.54) is 0 Å². The molecule has 1 fully saturated rings. The van der Waals surface area contributed by atoms with Gasteiger partial charge < -0.3 is 19.2 Å². The van der Waals surface area contributed by atoms with Crippen molar-refractivity contribution in [3.05, 3.63) is 59.7 Å². The first-order valence-corrected chi connectivity index (χ1v) is 9.17. The Bertz CT molecular complexity index is 1060. The normalized spacial score (nSPS) is 20.9. The summed E-state index contributed by atoms with van der Waals surface area (Å²) in [6.07, 6.45) is 2.52. The van der Waals surface area contributed by atoms with Gasteiger partial charge in [-0.05, 0) is 42.8 Å². The second-order valence-corrected chi connectivity index (χ2v) is 7.25. The number of H-pyrrole nitrogens is 1. The molecule has 1 atom stereocenters. The Balaban J connectivity index is 1.40. The number of fused-ring (bicyclic) bond motifs is 1. The zero-order chi connectivity index (χ0) is 19.1. The van der Waals surface area contributed by atoms with E-state index < -0.39 is 5.60 Å². The summed E-state index contributed by atoms with van der Waals surface area (Å²) in [5.74, 6) is 1.53. The van der Waals surface area contributed by atoms with Crippen molar-refractivity contribution in [2.75, 3.05) is 13.1 Å². The van der Waals surface area contributed by atoms with Gasteiger partial charge in [0.2, 0.25) is 0 Å². The first-order valence-electron chi connectivity index (χ1n) is 9.17. The van der Waals surface area contributed by atoms with E-state index in [0.717, 1.165) is 23.6 Å². The van der Waals surface area contributed by atoms with E-state index in [-0.39, 0.29) is 5.91 Å². The van der Waals surface area contributed by atoms with Gasteiger partial charge in [-0.3, -0.25) is 4.79 Å². The predicted molar refractivity (Wildman–Crippen MR) is 99.0 cm³/mol. The molecule has 140 valence electrons. The van der Waals surface area contributed by atoms with Crippen LogP contribution in [0, 0.1) is 11.3 Å². The lowest BCUT2D eigenvalue weighted by atomic mass is 10.0. The van der Waals surface area contributed by atoms with Gasteiger partial charge in [-0.25, -0.2) is 0 Å². The molecule has 8 heteroatoms. The van der Waals surface area contributed by atoms with Gasteiger partial charge in [0.15, 0.2) is 11.6 Å². The van der Waals surface area contributed by atoms with Gasteiger partial charge in [0.25, 0.3) is 5.91 Å². The Morgan fingerprint density at radius 2 is 2.07 bits per heavy atom. The standard InChI is InChI=1S/C20H18N6O2/c21-10-14-3-5-15(6-4-14)18-24-23-17-11-28-20(13-26(17)18)7-9-25(12-20)19(27)16-2-1-8-22-16/h1-6,8,22H,7,9,11-13H2. The van der Waals surface area contributed by atoms with Gasteiger partial charge in [-0.15, -0.1) is 10.2 Å². The van der Waals surface area contributed by atoms with Gasteiger partial charge in [0, 0.05) is 18.3 Å². The Morgan fingerprint density at radius 1 is 1.21 bits per heavy atom. The Morgan fingerprint density at radius 3 is 2.82 bits per heavy atom. The van der Waals surface area contributed by atoms with Crippen LogP contribution in [0.25, 0.3) is 11.4 Å². The summed E-state index contributed by atoms with van der Waals surface area (Å²) in [5, 5.41) is 17.6. The maximum atomic E-state index is 12.7. The summed E-state index contributed by atoms with van der Waals surface area (Å²) in [5.41, 5.74) is 1.68. The molecule has 1 N–H and O–H groups in total. The van der Waals surface area contributed by atoms with Crippen LogP contribution in [0.15, 0.2) is 42.6 Å². The molecule has 28 heavy (non-hydrogen) atoms. The predicted octanol–water partition coefficient (Wildman–Crippen LogP) is 1.96. The van der Waals surface area contributed by atoms with Crippen LogP contribution in [-0.4, -0.2) is 49.2 Å². The number of aromatic nitrogens is 4. The first-order chi connectivity index (χ1) is 13.7. The molecule has 2 aromatic heterocycles. The van der Waals surface area contributed by atoms with Crippen molar-refractivity contribution < 1.29 is 9.53 Å². The second-order valence-electron chi connectivity index (χ2n) is 7.25. The van der Waals surface area contributed by atoms with Gasteiger partial charge in [-0.1, -0.05) is 0 Å². The molecular formula is C20H18N6O2. The molecule has 1 aromatic carbocycles. The third-order valence-electron chi connectivity index (χ3n) is 5.49. The number of likely N-dealkylation sites (tertiary alicyclic amines) is 1. The van der Waals surface area contributed by atoms with Crippen molar-refractivity contribution in [2.24, 2.45) is 0 Å². The molecule has 1 saturated heterocycles. The summed E-state index contributed by atoms with van der Waals surface area (Å²) in [7, 11) is 0. The van der Waals surface area contributed by atoms with E-state index in [1.54, 1.807) is 24.4 Å². The molecule has 5 rings (SSSR count). The average Bonchev–Trinajstić information content (AvgIpc) is 3.48. The van der Waals surface area contributed by atoms with Gasteiger partial charge in [0.1, 0.15) is 17.9 Å². The van der Waals surface area contributed by atoms with Crippen molar-refractivity contribution >= 4 is 5.91 Å². The number of benzene rings is 1. The minimum absolute atomic E-state index is 0.00709. The Kier molecular flexibility index (Phi) is 3.77. The molecule has 1 unspecified atom stereocenters. The number of hydrogen-bond donors (Lipinski definition) is 1.